The Hall–Kier alpha value is -1.62. The first-order valence-electron chi connectivity index (χ1n) is 5.27. The number of aliphatic hydroxyl groups excluding tert-OH is 1. The van der Waals surface area contributed by atoms with Crippen LogP contribution in [0.1, 0.15) is 12.0 Å². The molecule has 0 amide bonds. The van der Waals surface area contributed by atoms with Gasteiger partial charge in [0.15, 0.2) is 0 Å². The maximum absolute atomic E-state index is 13.1. The molecule has 0 spiro atoms. The summed E-state index contributed by atoms with van der Waals surface area (Å²) in [4.78, 5) is 12.1. The zero-order chi connectivity index (χ0) is 13.0. The Morgan fingerprint density at radius 1 is 1.53 bits per heavy atom. The number of hydrogen-bond donors (Lipinski definition) is 2. The van der Waals surface area contributed by atoms with Gasteiger partial charge in [-0.3, -0.25) is 4.79 Å². The Kier molecular flexibility index (Phi) is 4.45. The average molecular weight is 241 g/mol. The number of carbonyl (C=O) groups is 1. The molecule has 1 aromatic carbocycles. The minimum atomic E-state index is -1.04. The van der Waals surface area contributed by atoms with Crippen LogP contribution in [-0.2, 0) is 4.79 Å². The largest absolute Gasteiger partial charge is 0.481 e. The van der Waals surface area contributed by atoms with Gasteiger partial charge in [-0.15, -0.1) is 0 Å². The molecule has 0 aliphatic heterocycles. The van der Waals surface area contributed by atoms with Crippen molar-refractivity contribution in [2.45, 2.75) is 19.4 Å². The van der Waals surface area contributed by atoms with Crippen LogP contribution in [0.3, 0.4) is 0 Å². The zero-order valence-electron chi connectivity index (χ0n) is 9.85. The minimum Gasteiger partial charge on any atom is -0.481 e. The highest BCUT2D eigenvalue weighted by Gasteiger charge is 2.13. The van der Waals surface area contributed by atoms with Crippen LogP contribution in [-0.4, -0.2) is 35.9 Å². The Morgan fingerprint density at radius 3 is 2.71 bits per heavy atom. The number of aryl methyl sites for hydroxylation is 1. The number of nitrogens with zero attached hydrogens (tertiary/aromatic N) is 1. The number of aliphatic hydroxyl groups is 1. The number of aliphatic carboxylic acids is 1. The predicted octanol–water partition coefficient (Wildman–Crippen LogP) is 1.41. The maximum atomic E-state index is 13.1. The van der Waals surface area contributed by atoms with E-state index in [2.05, 4.69) is 0 Å². The molecule has 0 radical (unpaired) electrons. The van der Waals surface area contributed by atoms with Crippen molar-refractivity contribution in [1.29, 1.82) is 0 Å². The fourth-order valence-corrected chi connectivity index (χ4v) is 1.55. The van der Waals surface area contributed by atoms with E-state index in [-0.39, 0.29) is 18.8 Å². The van der Waals surface area contributed by atoms with E-state index in [9.17, 15) is 14.3 Å². The summed E-state index contributed by atoms with van der Waals surface area (Å²) < 4.78 is 13.1. The third-order valence-electron chi connectivity index (χ3n) is 2.48. The third kappa shape index (κ3) is 4.03. The summed E-state index contributed by atoms with van der Waals surface area (Å²) in [5, 5.41) is 18.0. The predicted molar refractivity (Wildman–Crippen MR) is 62.7 cm³/mol. The van der Waals surface area contributed by atoms with Gasteiger partial charge in [0.1, 0.15) is 5.82 Å². The van der Waals surface area contributed by atoms with Crippen LogP contribution in [0, 0.1) is 12.7 Å². The molecule has 1 atom stereocenters. The van der Waals surface area contributed by atoms with Crippen molar-refractivity contribution in [3.63, 3.8) is 0 Å². The van der Waals surface area contributed by atoms with Gasteiger partial charge in [-0.05, 0) is 30.7 Å². The first kappa shape index (κ1) is 13.4. The van der Waals surface area contributed by atoms with Gasteiger partial charge in [-0.1, -0.05) is 0 Å². The van der Waals surface area contributed by atoms with Gasteiger partial charge in [-0.2, -0.15) is 0 Å². The van der Waals surface area contributed by atoms with Gasteiger partial charge in [0.2, 0.25) is 0 Å². The van der Waals surface area contributed by atoms with Crippen molar-refractivity contribution >= 4 is 11.7 Å². The number of carboxylic acid groups (broad SMARTS) is 1. The van der Waals surface area contributed by atoms with E-state index in [1.807, 2.05) is 0 Å². The van der Waals surface area contributed by atoms with Gasteiger partial charge in [0, 0.05) is 19.3 Å². The molecular weight excluding hydrogens is 225 g/mol. The molecule has 0 aliphatic rings. The van der Waals surface area contributed by atoms with Crippen LogP contribution in [0.25, 0.3) is 0 Å². The number of likely N-dealkylation sites (N-methyl/N-ethyl adjacent to an activating group) is 1. The van der Waals surface area contributed by atoms with Crippen molar-refractivity contribution in [3.05, 3.63) is 29.6 Å². The second kappa shape index (κ2) is 5.63. The van der Waals surface area contributed by atoms with Crippen LogP contribution in [0.2, 0.25) is 0 Å². The van der Waals surface area contributed by atoms with Gasteiger partial charge in [-0.25, -0.2) is 4.39 Å². The molecule has 17 heavy (non-hydrogen) atoms. The van der Waals surface area contributed by atoms with E-state index in [0.717, 1.165) is 5.69 Å². The lowest BCUT2D eigenvalue weighted by atomic mass is 10.2. The fourth-order valence-electron chi connectivity index (χ4n) is 1.55. The summed E-state index contributed by atoms with van der Waals surface area (Å²) >= 11 is 0. The molecule has 1 rings (SSSR count). The minimum absolute atomic E-state index is 0.192. The molecule has 1 unspecified atom stereocenters. The molecule has 0 bridgehead atoms. The lowest BCUT2D eigenvalue weighted by Gasteiger charge is -2.22. The molecule has 0 saturated carbocycles. The van der Waals surface area contributed by atoms with E-state index in [1.165, 1.54) is 6.07 Å². The molecule has 0 fully saturated rings. The first-order chi connectivity index (χ1) is 7.90. The molecule has 4 nitrogen and oxygen atoms in total. The number of benzene rings is 1. The Balaban J connectivity index is 2.66. The summed E-state index contributed by atoms with van der Waals surface area (Å²) in [5.74, 6) is -1.32. The van der Waals surface area contributed by atoms with E-state index in [0.29, 0.717) is 5.56 Å². The Labute approximate surface area is 99.3 Å². The summed E-state index contributed by atoms with van der Waals surface area (Å²) in [5.41, 5.74) is 1.26. The summed E-state index contributed by atoms with van der Waals surface area (Å²) in [7, 11) is 1.72. The van der Waals surface area contributed by atoms with E-state index in [1.54, 1.807) is 31.0 Å². The molecule has 0 saturated heterocycles. The molecule has 5 heteroatoms. The van der Waals surface area contributed by atoms with E-state index >= 15 is 0 Å². The lowest BCUT2D eigenvalue weighted by Crippen LogP contribution is -2.30. The first-order valence-corrected chi connectivity index (χ1v) is 5.27. The molecular formula is C12H16FNO3. The molecule has 0 aromatic heterocycles. The maximum Gasteiger partial charge on any atom is 0.306 e. The molecule has 2 N–H and O–H groups in total. The van der Waals surface area contributed by atoms with Crippen LogP contribution in [0.4, 0.5) is 10.1 Å². The second-order valence-corrected chi connectivity index (χ2v) is 4.07. The van der Waals surface area contributed by atoms with E-state index < -0.39 is 12.1 Å². The molecule has 1 aromatic rings. The average Bonchev–Trinajstić information content (AvgIpc) is 2.20. The number of halogens is 1. The van der Waals surface area contributed by atoms with Crippen LogP contribution < -0.4 is 4.90 Å². The van der Waals surface area contributed by atoms with Crippen molar-refractivity contribution in [2.24, 2.45) is 0 Å². The fraction of sp³-hybridized carbons (Fsp3) is 0.417. The smallest absolute Gasteiger partial charge is 0.306 e. The van der Waals surface area contributed by atoms with E-state index in [4.69, 9.17) is 5.11 Å². The van der Waals surface area contributed by atoms with Crippen LogP contribution in [0.15, 0.2) is 18.2 Å². The molecule has 0 aliphatic carbocycles. The standard InChI is InChI=1S/C12H16FNO3/c1-8-5-9(3-4-11(8)13)14(2)7-10(15)6-12(16)17/h3-5,10,15H,6-7H2,1-2H3,(H,16,17). The van der Waals surface area contributed by atoms with Gasteiger partial charge in [0.25, 0.3) is 0 Å². The van der Waals surface area contributed by atoms with Crippen molar-refractivity contribution in [1.82, 2.24) is 0 Å². The number of rotatable bonds is 5. The second-order valence-electron chi connectivity index (χ2n) is 4.07. The topological polar surface area (TPSA) is 60.8 Å². The van der Waals surface area contributed by atoms with Crippen molar-refractivity contribution in [3.8, 4) is 0 Å². The number of carboxylic acids is 1. The highest BCUT2D eigenvalue weighted by molar-refractivity contribution is 5.67. The third-order valence-corrected chi connectivity index (χ3v) is 2.48. The van der Waals surface area contributed by atoms with Crippen molar-refractivity contribution in [2.75, 3.05) is 18.5 Å². The number of hydrogen-bond acceptors (Lipinski definition) is 3. The van der Waals surface area contributed by atoms with Crippen molar-refractivity contribution < 1.29 is 19.4 Å². The quantitative estimate of drug-likeness (QED) is 0.818. The normalized spacial score (nSPS) is 12.2. The van der Waals surface area contributed by atoms with Gasteiger partial charge in [0.05, 0.1) is 12.5 Å². The Bertz CT molecular complexity index is 409. The monoisotopic (exact) mass is 241 g/mol. The SMILES string of the molecule is Cc1cc(N(C)CC(O)CC(=O)O)ccc1F. The number of anilines is 1. The summed E-state index contributed by atoms with van der Waals surface area (Å²) in [6.07, 6.45) is -1.24. The molecule has 94 valence electrons. The highest BCUT2D eigenvalue weighted by Crippen LogP contribution is 2.17. The van der Waals surface area contributed by atoms with Gasteiger partial charge >= 0.3 is 5.97 Å². The Morgan fingerprint density at radius 2 is 2.18 bits per heavy atom. The zero-order valence-corrected chi connectivity index (χ0v) is 9.85. The highest BCUT2D eigenvalue weighted by atomic mass is 19.1. The van der Waals surface area contributed by atoms with Gasteiger partial charge < -0.3 is 15.1 Å². The lowest BCUT2D eigenvalue weighted by molar-refractivity contribution is -0.139. The molecule has 0 heterocycles. The van der Waals surface area contributed by atoms with Crippen LogP contribution >= 0.6 is 0 Å². The summed E-state index contributed by atoms with van der Waals surface area (Å²) in [6, 6.07) is 4.60. The van der Waals surface area contributed by atoms with Crippen LogP contribution in [0.5, 0.6) is 0 Å². The summed E-state index contributed by atoms with van der Waals surface area (Å²) in [6.45, 7) is 1.84.